The van der Waals surface area contributed by atoms with Crippen molar-refractivity contribution in [1.29, 1.82) is 0 Å². The molecule has 0 rings (SSSR count). The number of azide groups is 1. The highest BCUT2D eigenvalue weighted by Gasteiger charge is 1.85. The third-order valence-electron chi connectivity index (χ3n) is 1.28. The molecule has 0 fully saturated rings. The summed E-state index contributed by atoms with van der Waals surface area (Å²) in [5.41, 5.74) is 13.2. The molecule has 0 heterocycles. The van der Waals surface area contributed by atoms with Crippen LogP contribution in [0.4, 0.5) is 0 Å². The molecule has 4 nitrogen and oxygen atoms in total. The van der Waals surface area contributed by atoms with Crippen LogP contribution in [0.5, 0.6) is 0 Å². The Kier molecular flexibility index (Phi) is 14.7. The fourth-order valence-corrected chi connectivity index (χ4v) is 0.725. The Balaban J connectivity index is 0. The third kappa shape index (κ3) is 12.7. The zero-order valence-electron chi connectivity index (χ0n) is 6.57. The van der Waals surface area contributed by atoms with Crippen molar-refractivity contribution >= 4 is 12.4 Å². The van der Waals surface area contributed by atoms with E-state index in [4.69, 9.17) is 11.3 Å². The van der Waals surface area contributed by atoms with Crippen LogP contribution in [0.15, 0.2) is 5.11 Å². The van der Waals surface area contributed by atoms with Gasteiger partial charge in [0, 0.05) is 11.5 Å². The largest absolute Gasteiger partial charge is 0.330 e. The molecule has 66 valence electrons. The first kappa shape index (κ1) is 13.2. The van der Waals surface area contributed by atoms with Gasteiger partial charge in [0.05, 0.1) is 0 Å². The Bertz CT molecular complexity index is 111. The molecule has 11 heavy (non-hydrogen) atoms. The van der Waals surface area contributed by atoms with E-state index < -0.39 is 0 Å². The monoisotopic (exact) mass is 178 g/mol. The molecule has 5 heteroatoms. The van der Waals surface area contributed by atoms with Crippen molar-refractivity contribution < 1.29 is 0 Å². The first-order valence-electron chi connectivity index (χ1n) is 3.62. The number of hydrogen-bond donors (Lipinski definition) is 1. The standard InChI is InChI=1S/C6H14N4.ClH/c7-5-3-1-2-4-6-9-10-8;/h1-7H2;1H. The highest BCUT2D eigenvalue weighted by atomic mass is 35.5. The number of nitrogens with two attached hydrogens (primary N) is 1. The summed E-state index contributed by atoms with van der Waals surface area (Å²) in [6.07, 6.45) is 4.34. The van der Waals surface area contributed by atoms with Crippen LogP contribution in [-0.4, -0.2) is 13.1 Å². The van der Waals surface area contributed by atoms with Crippen LogP contribution >= 0.6 is 12.4 Å². The van der Waals surface area contributed by atoms with Crippen LogP contribution in [0, 0.1) is 0 Å². The second-order valence-corrected chi connectivity index (χ2v) is 2.16. The van der Waals surface area contributed by atoms with Crippen LogP contribution in [0.25, 0.3) is 10.4 Å². The molecule has 0 atom stereocenters. The second-order valence-electron chi connectivity index (χ2n) is 2.16. The molecule has 0 aromatic carbocycles. The van der Waals surface area contributed by atoms with E-state index in [1.54, 1.807) is 0 Å². The maximum absolute atomic E-state index is 7.91. The van der Waals surface area contributed by atoms with E-state index in [1.165, 1.54) is 0 Å². The van der Waals surface area contributed by atoms with Gasteiger partial charge in [-0.25, -0.2) is 0 Å². The Labute approximate surface area is 73.2 Å². The molecule has 0 aromatic heterocycles. The minimum Gasteiger partial charge on any atom is -0.330 e. The lowest BCUT2D eigenvalue weighted by atomic mass is 10.2. The van der Waals surface area contributed by atoms with Gasteiger partial charge >= 0.3 is 0 Å². The van der Waals surface area contributed by atoms with Gasteiger partial charge in [-0.15, -0.1) is 12.4 Å². The average molecular weight is 179 g/mol. The van der Waals surface area contributed by atoms with Gasteiger partial charge < -0.3 is 5.73 Å². The van der Waals surface area contributed by atoms with E-state index >= 15 is 0 Å². The fourth-order valence-electron chi connectivity index (χ4n) is 0.725. The minimum atomic E-state index is 0. The molecular weight excluding hydrogens is 164 g/mol. The Morgan fingerprint density at radius 3 is 2.36 bits per heavy atom. The Morgan fingerprint density at radius 1 is 1.18 bits per heavy atom. The normalized spacial score (nSPS) is 8.09. The van der Waals surface area contributed by atoms with Crippen molar-refractivity contribution in [2.75, 3.05) is 13.1 Å². The maximum atomic E-state index is 7.91. The van der Waals surface area contributed by atoms with Gasteiger partial charge in [0.15, 0.2) is 0 Å². The molecule has 0 aromatic rings. The van der Waals surface area contributed by atoms with Crippen molar-refractivity contribution in [3.8, 4) is 0 Å². The van der Waals surface area contributed by atoms with Gasteiger partial charge in [-0.2, -0.15) is 0 Å². The van der Waals surface area contributed by atoms with Gasteiger partial charge in [0.25, 0.3) is 0 Å². The van der Waals surface area contributed by atoms with Gasteiger partial charge in [0.2, 0.25) is 0 Å². The zero-order chi connectivity index (χ0) is 7.66. The van der Waals surface area contributed by atoms with Gasteiger partial charge in [-0.3, -0.25) is 0 Å². The Morgan fingerprint density at radius 2 is 1.82 bits per heavy atom. The zero-order valence-corrected chi connectivity index (χ0v) is 7.39. The van der Waals surface area contributed by atoms with Gasteiger partial charge in [0.1, 0.15) is 0 Å². The predicted molar refractivity (Wildman–Crippen MR) is 48.8 cm³/mol. The Hall–Kier alpha value is -0.440. The van der Waals surface area contributed by atoms with Crippen molar-refractivity contribution in [2.45, 2.75) is 25.7 Å². The van der Waals surface area contributed by atoms with Crippen LogP contribution in [0.2, 0.25) is 0 Å². The molecule has 0 amide bonds. The molecule has 0 aliphatic heterocycles. The van der Waals surface area contributed by atoms with E-state index in [2.05, 4.69) is 10.0 Å². The number of nitrogens with zero attached hydrogens (tertiary/aromatic N) is 3. The molecule has 2 N–H and O–H groups in total. The average Bonchev–Trinajstić information content (AvgIpc) is 1.97. The summed E-state index contributed by atoms with van der Waals surface area (Å²) in [4.78, 5) is 2.65. The second kappa shape index (κ2) is 12.3. The van der Waals surface area contributed by atoms with Crippen molar-refractivity contribution in [3.63, 3.8) is 0 Å². The van der Waals surface area contributed by atoms with E-state index in [0.29, 0.717) is 6.54 Å². The summed E-state index contributed by atoms with van der Waals surface area (Å²) < 4.78 is 0. The van der Waals surface area contributed by atoms with Crippen LogP contribution < -0.4 is 5.73 Å². The third-order valence-corrected chi connectivity index (χ3v) is 1.28. The lowest BCUT2D eigenvalue weighted by molar-refractivity contribution is 0.652. The number of halogens is 1. The first-order chi connectivity index (χ1) is 4.91. The lowest BCUT2D eigenvalue weighted by Gasteiger charge is -1.94. The summed E-state index contributed by atoms with van der Waals surface area (Å²) in [5.74, 6) is 0. The van der Waals surface area contributed by atoms with Gasteiger partial charge in [-0.1, -0.05) is 18.0 Å². The topological polar surface area (TPSA) is 74.8 Å². The lowest BCUT2D eigenvalue weighted by Crippen LogP contribution is -1.97. The molecule has 0 bridgehead atoms. The van der Waals surface area contributed by atoms with E-state index in [-0.39, 0.29) is 12.4 Å². The summed E-state index contributed by atoms with van der Waals surface area (Å²) >= 11 is 0. The van der Waals surface area contributed by atoms with Crippen LogP contribution in [0.3, 0.4) is 0 Å². The quantitative estimate of drug-likeness (QED) is 0.288. The molecule has 0 unspecified atom stereocenters. The molecule has 0 aliphatic rings. The minimum absolute atomic E-state index is 0. The summed E-state index contributed by atoms with van der Waals surface area (Å²) in [7, 11) is 0. The van der Waals surface area contributed by atoms with E-state index in [1.807, 2.05) is 0 Å². The smallest absolute Gasteiger partial charge is 0.0257 e. The van der Waals surface area contributed by atoms with Crippen LogP contribution in [0.1, 0.15) is 25.7 Å². The van der Waals surface area contributed by atoms with E-state index in [9.17, 15) is 0 Å². The molecular formula is C6H15ClN4. The van der Waals surface area contributed by atoms with Gasteiger partial charge in [-0.05, 0) is 24.9 Å². The molecule has 0 spiro atoms. The number of rotatable bonds is 6. The first-order valence-corrected chi connectivity index (χ1v) is 3.62. The molecule has 0 saturated heterocycles. The highest BCUT2D eigenvalue weighted by Crippen LogP contribution is 1.98. The van der Waals surface area contributed by atoms with Crippen molar-refractivity contribution in [1.82, 2.24) is 0 Å². The van der Waals surface area contributed by atoms with Crippen molar-refractivity contribution in [2.24, 2.45) is 10.8 Å². The number of unbranched alkanes of at least 4 members (excludes halogenated alkanes) is 3. The van der Waals surface area contributed by atoms with Crippen LogP contribution in [-0.2, 0) is 0 Å². The van der Waals surface area contributed by atoms with Crippen molar-refractivity contribution in [3.05, 3.63) is 10.4 Å². The summed E-state index contributed by atoms with van der Waals surface area (Å²) in [6.45, 7) is 1.39. The van der Waals surface area contributed by atoms with E-state index in [0.717, 1.165) is 32.2 Å². The molecule has 0 aliphatic carbocycles. The number of hydrogen-bond acceptors (Lipinski definition) is 2. The fraction of sp³-hybridized carbons (Fsp3) is 1.00. The maximum Gasteiger partial charge on any atom is 0.0257 e. The predicted octanol–water partition coefficient (Wildman–Crippen LogP) is 2.24. The molecule has 0 radical (unpaired) electrons. The highest BCUT2D eigenvalue weighted by molar-refractivity contribution is 5.85. The SMILES string of the molecule is Cl.[N-]=[N+]=NCCCCCCN. The molecule has 0 saturated carbocycles. The summed E-state index contributed by atoms with van der Waals surface area (Å²) in [6, 6.07) is 0. The summed E-state index contributed by atoms with van der Waals surface area (Å²) in [5, 5.41) is 3.42.